The molecule has 1 aromatic rings. The van der Waals surface area contributed by atoms with Gasteiger partial charge >= 0.3 is 0 Å². The van der Waals surface area contributed by atoms with Gasteiger partial charge in [0.2, 0.25) is 0 Å². The molecule has 1 aliphatic heterocycles. The molecule has 0 aliphatic carbocycles. The van der Waals surface area contributed by atoms with E-state index in [0.717, 1.165) is 37.6 Å². The van der Waals surface area contributed by atoms with Crippen LogP contribution in [0.5, 0.6) is 0 Å². The van der Waals surface area contributed by atoms with Crippen molar-refractivity contribution in [2.75, 3.05) is 30.4 Å². The zero-order valence-electron chi connectivity index (χ0n) is 11.4. The van der Waals surface area contributed by atoms with Gasteiger partial charge in [-0.1, -0.05) is 0 Å². The molecule has 1 N–H and O–H groups in total. The van der Waals surface area contributed by atoms with Gasteiger partial charge in [-0.3, -0.25) is 4.98 Å². The summed E-state index contributed by atoms with van der Waals surface area (Å²) in [5.41, 5.74) is 0. The number of piperidine rings is 1. The van der Waals surface area contributed by atoms with Crippen LogP contribution in [0.2, 0.25) is 0 Å². The quantitative estimate of drug-likeness (QED) is 0.884. The highest BCUT2D eigenvalue weighted by Crippen LogP contribution is 2.24. The van der Waals surface area contributed by atoms with Crippen molar-refractivity contribution < 1.29 is 4.74 Å². The van der Waals surface area contributed by atoms with Gasteiger partial charge in [0, 0.05) is 26.2 Å². The summed E-state index contributed by atoms with van der Waals surface area (Å²) >= 11 is 0. The van der Waals surface area contributed by atoms with Crippen LogP contribution in [0.25, 0.3) is 0 Å². The summed E-state index contributed by atoms with van der Waals surface area (Å²) in [7, 11) is 1.79. The SMILES string of the molecule is CCNc1cncc(N2CCC(OC)CC2C)n1. The predicted octanol–water partition coefficient (Wildman–Crippen LogP) is 1.91. The van der Waals surface area contributed by atoms with Crippen LogP contribution in [0, 0.1) is 0 Å². The topological polar surface area (TPSA) is 50.3 Å². The molecule has 18 heavy (non-hydrogen) atoms. The molecule has 0 amide bonds. The van der Waals surface area contributed by atoms with Gasteiger partial charge in [-0.25, -0.2) is 4.98 Å². The van der Waals surface area contributed by atoms with Gasteiger partial charge in [-0.2, -0.15) is 0 Å². The minimum atomic E-state index is 0.376. The predicted molar refractivity (Wildman–Crippen MR) is 73.0 cm³/mol. The van der Waals surface area contributed by atoms with Crippen molar-refractivity contribution in [3.63, 3.8) is 0 Å². The van der Waals surface area contributed by atoms with Gasteiger partial charge in [-0.15, -0.1) is 0 Å². The standard InChI is InChI=1S/C13H22N4O/c1-4-15-12-8-14-9-13(16-12)17-6-5-11(18-3)7-10(17)2/h8-11H,4-7H2,1-3H3,(H,15,16). The van der Waals surface area contributed by atoms with Gasteiger partial charge in [0.25, 0.3) is 0 Å². The average Bonchev–Trinajstić information content (AvgIpc) is 2.39. The Morgan fingerprint density at radius 1 is 1.50 bits per heavy atom. The highest BCUT2D eigenvalue weighted by Gasteiger charge is 2.26. The Kier molecular flexibility index (Phi) is 4.36. The summed E-state index contributed by atoms with van der Waals surface area (Å²) in [6, 6.07) is 0.440. The number of aromatic nitrogens is 2. The Bertz CT molecular complexity index is 385. The monoisotopic (exact) mass is 250 g/mol. The molecule has 0 bridgehead atoms. The smallest absolute Gasteiger partial charge is 0.149 e. The third-order valence-corrected chi connectivity index (χ3v) is 3.44. The van der Waals surface area contributed by atoms with Gasteiger partial charge in [-0.05, 0) is 26.7 Å². The number of rotatable bonds is 4. The maximum Gasteiger partial charge on any atom is 0.149 e. The first kappa shape index (κ1) is 13.1. The molecule has 2 atom stereocenters. The molecule has 1 fully saturated rings. The highest BCUT2D eigenvalue weighted by molar-refractivity contribution is 5.44. The second-order valence-electron chi connectivity index (χ2n) is 4.72. The van der Waals surface area contributed by atoms with E-state index < -0.39 is 0 Å². The highest BCUT2D eigenvalue weighted by atomic mass is 16.5. The molecule has 0 radical (unpaired) electrons. The minimum absolute atomic E-state index is 0.376. The molecule has 2 unspecified atom stereocenters. The fourth-order valence-electron chi connectivity index (χ4n) is 2.44. The largest absolute Gasteiger partial charge is 0.381 e. The van der Waals surface area contributed by atoms with Gasteiger partial charge in [0.1, 0.15) is 11.6 Å². The number of nitrogens with zero attached hydrogens (tertiary/aromatic N) is 3. The van der Waals surface area contributed by atoms with Crippen LogP contribution in [0.3, 0.4) is 0 Å². The zero-order valence-corrected chi connectivity index (χ0v) is 11.4. The maximum absolute atomic E-state index is 5.43. The first-order chi connectivity index (χ1) is 8.74. The fourth-order valence-corrected chi connectivity index (χ4v) is 2.44. The fraction of sp³-hybridized carbons (Fsp3) is 0.692. The lowest BCUT2D eigenvalue weighted by molar-refractivity contribution is 0.0719. The average molecular weight is 250 g/mol. The van der Waals surface area contributed by atoms with E-state index in [-0.39, 0.29) is 0 Å². The number of nitrogens with one attached hydrogen (secondary N) is 1. The molecule has 0 saturated carbocycles. The number of hydrogen-bond acceptors (Lipinski definition) is 5. The molecular formula is C13H22N4O. The van der Waals surface area contributed by atoms with Crippen molar-refractivity contribution in [1.82, 2.24) is 9.97 Å². The van der Waals surface area contributed by atoms with Gasteiger partial charge in [0.15, 0.2) is 0 Å². The second-order valence-corrected chi connectivity index (χ2v) is 4.72. The van der Waals surface area contributed by atoms with Crippen LogP contribution in [-0.2, 0) is 4.74 Å². The van der Waals surface area contributed by atoms with E-state index in [1.54, 1.807) is 13.3 Å². The van der Waals surface area contributed by atoms with E-state index in [2.05, 4.69) is 34.0 Å². The summed E-state index contributed by atoms with van der Waals surface area (Å²) in [6.07, 6.45) is 6.07. The molecule has 1 saturated heterocycles. The lowest BCUT2D eigenvalue weighted by atomic mass is 10.0. The van der Waals surface area contributed by atoms with Crippen LogP contribution in [0.15, 0.2) is 12.4 Å². The molecular weight excluding hydrogens is 228 g/mol. The summed E-state index contributed by atoms with van der Waals surface area (Å²) in [5, 5.41) is 3.20. The van der Waals surface area contributed by atoms with E-state index in [1.807, 2.05) is 6.20 Å². The maximum atomic E-state index is 5.43. The lowest BCUT2D eigenvalue weighted by Gasteiger charge is -2.37. The molecule has 1 aliphatic rings. The van der Waals surface area contributed by atoms with Crippen molar-refractivity contribution in [3.8, 4) is 0 Å². The molecule has 0 aromatic carbocycles. The third kappa shape index (κ3) is 2.90. The van der Waals surface area contributed by atoms with E-state index in [9.17, 15) is 0 Å². The summed E-state index contributed by atoms with van der Waals surface area (Å²) in [6.45, 7) is 6.11. The molecule has 2 rings (SSSR count). The van der Waals surface area contributed by atoms with Gasteiger partial charge < -0.3 is 15.0 Å². The van der Waals surface area contributed by atoms with Crippen molar-refractivity contribution in [2.24, 2.45) is 0 Å². The first-order valence-electron chi connectivity index (χ1n) is 6.60. The molecule has 0 spiro atoms. The lowest BCUT2D eigenvalue weighted by Crippen LogP contribution is -2.43. The normalized spacial score (nSPS) is 24.1. The number of methoxy groups -OCH3 is 1. The Hall–Kier alpha value is -1.36. The molecule has 2 heterocycles. The zero-order chi connectivity index (χ0) is 13.0. The molecule has 100 valence electrons. The third-order valence-electron chi connectivity index (χ3n) is 3.44. The summed E-state index contributed by atoms with van der Waals surface area (Å²) in [4.78, 5) is 11.2. The van der Waals surface area contributed by atoms with Crippen LogP contribution in [-0.4, -0.2) is 42.3 Å². The summed E-state index contributed by atoms with van der Waals surface area (Å²) < 4.78 is 5.43. The first-order valence-corrected chi connectivity index (χ1v) is 6.60. The van der Waals surface area contributed by atoms with Crippen LogP contribution < -0.4 is 10.2 Å². The number of hydrogen-bond donors (Lipinski definition) is 1. The van der Waals surface area contributed by atoms with E-state index in [4.69, 9.17) is 4.74 Å². The van der Waals surface area contributed by atoms with E-state index in [0.29, 0.717) is 12.1 Å². The Morgan fingerprint density at radius 2 is 2.33 bits per heavy atom. The van der Waals surface area contributed by atoms with Crippen molar-refractivity contribution in [1.29, 1.82) is 0 Å². The Morgan fingerprint density at radius 3 is 3.00 bits per heavy atom. The second kappa shape index (κ2) is 6.00. The minimum Gasteiger partial charge on any atom is -0.381 e. The van der Waals surface area contributed by atoms with Crippen molar-refractivity contribution >= 4 is 11.6 Å². The number of anilines is 2. The Labute approximate surface area is 109 Å². The van der Waals surface area contributed by atoms with Gasteiger partial charge in [0.05, 0.1) is 18.5 Å². The molecule has 5 heteroatoms. The van der Waals surface area contributed by atoms with Crippen LogP contribution in [0.4, 0.5) is 11.6 Å². The van der Waals surface area contributed by atoms with Crippen molar-refractivity contribution in [2.45, 2.75) is 38.8 Å². The molecule has 5 nitrogen and oxygen atoms in total. The molecule has 1 aromatic heterocycles. The van der Waals surface area contributed by atoms with Crippen LogP contribution in [0.1, 0.15) is 26.7 Å². The van der Waals surface area contributed by atoms with Crippen molar-refractivity contribution in [3.05, 3.63) is 12.4 Å². The van der Waals surface area contributed by atoms with E-state index >= 15 is 0 Å². The summed E-state index contributed by atoms with van der Waals surface area (Å²) in [5.74, 6) is 1.80. The number of ether oxygens (including phenoxy) is 1. The van der Waals surface area contributed by atoms with Crippen LogP contribution >= 0.6 is 0 Å². The van der Waals surface area contributed by atoms with E-state index in [1.165, 1.54) is 0 Å². The Balaban J connectivity index is 2.09.